The lowest BCUT2D eigenvalue weighted by Crippen LogP contribution is -2.55. The number of benzene rings is 2. The average molecular weight is 489 g/mol. The van der Waals surface area contributed by atoms with Crippen molar-refractivity contribution in [2.75, 3.05) is 12.8 Å². The van der Waals surface area contributed by atoms with Gasteiger partial charge in [0.25, 0.3) is 0 Å². The van der Waals surface area contributed by atoms with Crippen LogP contribution in [0.2, 0.25) is 5.02 Å². The Morgan fingerprint density at radius 3 is 2.18 bits per heavy atom. The van der Waals surface area contributed by atoms with Gasteiger partial charge < -0.3 is 10.0 Å². The summed E-state index contributed by atoms with van der Waals surface area (Å²) < 4.78 is 26.4. The van der Waals surface area contributed by atoms with E-state index >= 15 is 0 Å². The van der Waals surface area contributed by atoms with E-state index in [4.69, 9.17) is 11.6 Å². The number of hydrogen-bond acceptors (Lipinski definition) is 5. The second kappa shape index (κ2) is 9.31. The molecule has 0 aromatic heterocycles. The summed E-state index contributed by atoms with van der Waals surface area (Å²) in [4.78, 5) is 4.91. The van der Waals surface area contributed by atoms with Crippen LogP contribution in [-0.2, 0) is 9.84 Å². The van der Waals surface area contributed by atoms with Gasteiger partial charge >= 0.3 is 0 Å². The molecular weight excluding hydrogens is 456 g/mol. The minimum absolute atomic E-state index is 0.00366. The third-order valence-corrected chi connectivity index (χ3v) is 9.89. The van der Waals surface area contributed by atoms with Crippen LogP contribution in [0.1, 0.15) is 50.1 Å². The van der Waals surface area contributed by atoms with E-state index in [-0.39, 0.29) is 22.7 Å². The van der Waals surface area contributed by atoms with E-state index in [0.717, 1.165) is 31.2 Å². The summed E-state index contributed by atoms with van der Waals surface area (Å²) in [5, 5.41) is 12.3. The van der Waals surface area contributed by atoms with E-state index in [1.54, 1.807) is 30.3 Å². The molecule has 4 atom stereocenters. The van der Waals surface area contributed by atoms with Gasteiger partial charge in [-0.25, -0.2) is 8.42 Å². The molecule has 5 nitrogen and oxygen atoms in total. The first kappa shape index (κ1) is 23.3. The lowest BCUT2D eigenvalue weighted by molar-refractivity contribution is -0.0703. The van der Waals surface area contributed by atoms with Crippen LogP contribution in [0.15, 0.2) is 59.5 Å². The zero-order valence-corrected chi connectivity index (χ0v) is 20.6. The molecule has 178 valence electrons. The van der Waals surface area contributed by atoms with Crippen LogP contribution in [0.3, 0.4) is 0 Å². The Hall–Kier alpha value is -1.44. The number of aliphatic hydroxyl groups is 1. The maximum atomic E-state index is 13.2. The smallest absolute Gasteiger partial charge is 0.182 e. The molecule has 0 spiro atoms. The van der Waals surface area contributed by atoms with Gasteiger partial charge in [0.05, 0.1) is 10.6 Å². The van der Waals surface area contributed by atoms with Gasteiger partial charge in [0, 0.05) is 29.2 Å². The highest BCUT2D eigenvalue weighted by molar-refractivity contribution is 7.91. The number of rotatable bonds is 8. The van der Waals surface area contributed by atoms with E-state index in [9.17, 15) is 13.5 Å². The summed E-state index contributed by atoms with van der Waals surface area (Å²) in [7, 11) is -1.41. The molecule has 2 aliphatic heterocycles. The van der Waals surface area contributed by atoms with Crippen molar-refractivity contribution in [1.29, 1.82) is 0 Å². The van der Waals surface area contributed by atoms with Crippen molar-refractivity contribution in [2.45, 2.75) is 73.8 Å². The Morgan fingerprint density at radius 2 is 1.61 bits per heavy atom. The molecule has 1 saturated carbocycles. The highest BCUT2D eigenvalue weighted by Crippen LogP contribution is 2.48. The predicted molar refractivity (Wildman–Crippen MR) is 131 cm³/mol. The minimum atomic E-state index is -3.62. The Morgan fingerprint density at radius 1 is 1.00 bits per heavy atom. The molecule has 7 heteroatoms. The summed E-state index contributed by atoms with van der Waals surface area (Å²) >= 11 is 6.17. The highest BCUT2D eigenvalue weighted by Gasteiger charge is 2.47. The number of fused-ring (bicyclic) bond motifs is 2. The molecule has 2 saturated heterocycles. The molecule has 2 aromatic carbocycles. The Kier molecular flexibility index (Phi) is 6.57. The third-order valence-electron chi connectivity index (χ3n) is 7.91. The van der Waals surface area contributed by atoms with Crippen molar-refractivity contribution >= 4 is 21.4 Å². The second-order valence-corrected chi connectivity index (χ2v) is 12.5. The van der Waals surface area contributed by atoms with E-state index in [2.05, 4.69) is 16.8 Å². The summed E-state index contributed by atoms with van der Waals surface area (Å²) in [6.45, 7) is 0. The Labute approximate surface area is 202 Å². The number of nitrogens with zero attached hydrogens (tertiary/aromatic N) is 2. The van der Waals surface area contributed by atoms with Gasteiger partial charge in [-0.1, -0.05) is 41.9 Å². The van der Waals surface area contributed by atoms with Gasteiger partial charge in [-0.05, 0) is 81.3 Å². The van der Waals surface area contributed by atoms with Gasteiger partial charge in [0.15, 0.2) is 9.84 Å². The number of aliphatic hydroxyl groups excluding tert-OH is 1. The SMILES string of the molecule is CN1C2CCC1CC(N(C(O)CS(=O)(=O)c1ccccc1)C(c1ccc(Cl)cc1)C1CC1)C2. The highest BCUT2D eigenvalue weighted by atomic mass is 35.5. The predicted octanol–water partition coefficient (Wildman–Crippen LogP) is 4.51. The fourth-order valence-corrected chi connectivity index (χ4v) is 7.50. The van der Waals surface area contributed by atoms with Crippen LogP contribution in [0, 0.1) is 5.92 Å². The van der Waals surface area contributed by atoms with E-state index in [1.807, 2.05) is 24.3 Å². The number of piperidine rings is 1. The first-order valence-corrected chi connectivity index (χ1v) is 14.1. The molecule has 33 heavy (non-hydrogen) atoms. The van der Waals surface area contributed by atoms with Gasteiger partial charge in [-0.15, -0.1) is 0 Å². The molecule has 1 N–H and O–H groups in total. The van der Waals surface area contributed by atoms with E-state index in [0.29, 0.717) is 23.0 Å². The summed E-state index contributed by atoms with van der Waals surface area (Å²) in [5.41, 5.74) is 1.12. The largest absolute Gasteiger partial charge is 0.377 e. The van der Waals surface area contributed by atoms with Gasteiger partial charge in [-0.2, -0.15) is 0 Å². The molecule has 0 radical (unpaired) electrons. The maximum Gasteiger partial charge on any atom is 0.182 e. The molecule has 2 heterocycles. The first-order chi connectivity index (χ1) is 15.8. The average Bonchev–Trinajstić information content (AvgIpc) is 3.61. The van der Waals surface area contributed by atoms with Crippen LogP contribution in [0.5, 0.6) is 0 Å². The Balaban J connectivity index is 1.49. The fraction of sp³-hybridized carbons (Fsp3) is 0.538. The molecule has 0 amide bonds. The lowest BCUT2D eigenvalue weighted by atomic mass is 9.91. The van der Waals surface area contributed by atoms with Crippen molar-refractivity contribution in [3.63, 3.8) is 0 Å². The van der Waals surface area contributed by atoms with E-state index in [1.165, 1.54) is 12.8 Å². The van der Waals surface area contributed by atoms with Crippen LogP contribution < -0.4 is 0 Å². The zero-order chi connectivity index (χ0) is 23.2. The quantitative estimate of drug-likeness (QED) is 0.554. The van der Waals surface area contributed by atoms with Crippen LogP contribution in [0.4, 0.5) is 0 Å². The van der Waals surface area contributed by atoms with Crippen LogP contribution in [0.25, 0.3) is 0 Å². The molecule has 3 aliphatic rings. The zero-order valence-electron chi connectivity index (χ0n) is 19.1. The molecule has 2 bridgehead atoms. The summed E-state index contributed by atoms with van der Waals surface area (Å²) in [5.74, 6) is 0.132. The topological polar surface area (TPSA) is 60.9 Å². The normalized spacial score (nSPS) is 27.6. The molecule has 5 rings (SSSR count). The molecule has 4 unspecified atom stereocenters. The summed E-state index contributed by atoms with van der Waals surface area (Å²) in [6, 6.07) is 17.5. The minimum Gasteiger partial charge on any atom is -0.377 e. The van der Waals surface area contributed by atoms with Crippen LogP contribution in [-0.4, -0.2) is 60.5 Å². The van der Waals surface area contributed by atoms with E-state index < -0.39 is 16.1 Å². The standard InChI is InChI=1S/C26H33ClN2O3S/c1-28-21-13-14-22(28)16-23(15-21)29(25(30)17-33(31,32)24-5-3-2-4-6-24)26(18-7-8-18)19-9-11-20(27)12-10-19/h2-6,9-12,18,21-23,25-26,30H,7-8,13-17H2,1H3. The van der Waals surface area contributed by atoms with Crippen molar-refractivity contribution in [3.8, 4) is 0 Å². The van der Waals surface area contributed by atoms with Gasteiger partial charge in [-0.3, -0.25) is 4.90 Å². The molecular formula is C26H33ClN2O3S. The monoisotopic (exact) mass is 488 g/mol. The van der Waals surface area contributed by atoms with Crippen molar-refractivity contribution < 1.29 is 13.5 Å². The second-order valence-electron chi connectivity index (χ2n) is 10.0. The first-order valence-electron chi connectivity index (χ1n) is 12.0. The molecule has 1 aliphatic carbocycles. The van der Waals surface area contributed by atoms with Gasteiger partial charge in [0.2, 0.25) is 0 Å². The van der Waals surface area contributed by atoms with Gasteiger partial charge in [0.1, 0.15) is 6.23 Å². The molecule has 2 aromatic rings. The Bertz CT molecular complexity index is 1040. The lowest BCUT2D eigenvalue weighted by Gasteiger charge is -2.47. The molecule has 3 fully saturated rings. The number of sulfone groups is 1. The van der Waals surface area contributed by atoms with Crippen molar-refractivity contribution in [2.24, 2.45) is 5.92 Å². The van der Waals surface area contributed by atoms with Crippen molar-refractivity contribution in [3.05, 3.63) is 65.2 Å². The fourth-order valence-electron chi connectivity index (χ4n) is 6.05. The number of halogens is 1. The third kappa shape index (κ3) is 4.87. The summed E-state index contributed by atoms with van der Waals surface area (Å²) in [6.07, 6.45) is 5.42. The maximum absolute atomic E-state index is 13.2. The van der Waals surface area contributed by atoms with Crippen molar-refractivity contribution in [1.82, 2.24) is 9.80 Å². The van der Waals surface area contributed by atoms with Crippen LogP contribution >= 0.6 is 11.6 Å². The number of hydrogen-bond donors (Lipinski definition) is 1.